The van der Waals surface area contributed by atoms with Gasteiger partial charge in [0.05, 0.1) is 0 Å². The molecular weight excluding hydrogens is 178 g/mol. The second kappa shape index (κ2) is 3.09. The van der Waals surface area contributed by atoms with Crippen LogP contribution in [0.2, 0.25) is 0 Å². The Bertz CT molecular complexity index is 345. The van der Waals surface area contributed by atoms with Crippen molar-refractivity contribution >= 4 is 11.8 Å². The summed E-state index contributed by atoms with van der Waals surface area (Å²) in [7, 11) is 0. The molecule has 0 bridgehead atoms. The molecule has 5 heteroatoms. The Morgan fingerprint density at radius 2 is 2.14 bits per heavy atom. The van der Waals surface area contributed by atoms with Crippen LogP contribution in [0, 0.1) is 6.92 Å². The van der Waals surface area contributed by atoms with Gasteiger partial charge in [0.25, 0.3) is 0 Å². The molecule has 14 heavy (non-hydrogen) atoms. The first kappa shape index (κ1) is 9.21. The minimum absolute atomic E-state index is 0.229. The number of nitrogens with one attached hydrogen (secondary N) is 2. The fraction of sp³-hybridized carbons (Fsp3) is 0.556. The third-order valence-electron chi connectivity index (χ3n) is 2.41. The summed E-state index contributed by atoms with van der Waals surface area (Å²) in [6.45, 7) is 4.10. The number of nitrogens with two attached hydrogens (primary N) is 1. The predicted octanol–water partition coefficient (Wildman–Crippen LogP) is 1.04. The van der Waals surface area contributed by atoms with Crippen LogP contribution in [0.5, 0.6) is 0 Å². The summed E-state index contributed by atoms with van der Waals surface area (Å²) >= 11 is 0. The van der Waals surface area contributed by atoms with Crippen molar-refractivity contribution < 1.29 is 0 Å². The molecule has 0 spiro atoms. The number of hydrazine groups is 1. The molecule has 1 aromatic rings. The van der Waals surface area contributed by atoms with Crippen LogP contribution >= 0.6 is 0 Å². The molecule has 1 heterocycles. The van der Waals surface area contributed by atoms with Crippen LogP contribution < -0.4 is 16.6 Å². The van der Waals surface area contributed by atoms with Crippen LogP contribution in [0.25, 0.3) is 0 Å². The second-order valence-electron chi connectivity index (χ2n) is 4.05. The number of rotatable bonds is 3. The van der Waals surface area contributed by atoms with E-state index in [1.54, 1.807) is 0 Å². The van der Waals surface area contributed by atoms with E-state index in [9.17, 15) is 0 Å². The maximum Gasteiger partial charge on any atom is 0.239 e. The number of aryl methyl sites for hydroxylation is 1. The van der Waals surface area contributed by atoms with E-state index in [0.717, 1.165) is 11.5 Å². The fourth-order valence-corrected chi connectivity index (χ4v) is 1.32. The molecule has 1 fully saturated rings. The molecule has 0 saturated heterocycles. The quantitative estimate of drug-likeness (QED) is 0.494. The van der Waals surface area contributed by atoms with Crippen molar-refractivity contribution in [2.75, 3.05) is 10.7 Å². The van der Waals surface area contributed by atoms with Gasteiger partial charge in [-0.05, 0) is 26.7 Å². The van der Waals surface area contributed by atoms with Crippen LogP contribution in [0.15, 0.2) is 6.07 Å². The van der Waals surface area contributed by atoms with Gasteiger partial charge in [-0.2, -0.15) is 4.98 Å². The zero-order chi connectivity index (χ0) is 10.2. The van der Waals surface area contributed by atoms with Gasteiger partial charge >= 0.3 is 0 Å². The first-order chi connectivity index (χ1) is 6.61. The molecule has 4 N–H and O–H groups in total. The summed E-state index contributed by atoms with van der Waals surface area (Å²) in [6, 6.07) is 1.92. The van der Waals surface area contributed by atoms with Crippen LogP contribution in [0.1, 0.15) is 25.5 Å². The van der Waals surface area contributed by atoms with Crippen molar-refractivity contribution in [3.63, 3.8) is 0 Å². The number of nitrogens with zero attached hydrogens (tertiary/aromatic N) is 2. The van der Waals surface area contributed by atoms with Crippen molar-refractivity contribution in [3.8, 4) is 0 Å². The highest BCUT2D eigenvalue weighted by molar-refractivity contribution is 5.45. The van der Waals surface area contributed by atoms with E-state index in [1.165, 1.54) is 12.8 Å². The van der Waals surface area contributed by atoms with E-state index in [1.807, 2.05) is 13.0 Å². The molecule has 0 aliphatic heterocycles. The molecule has 76 valence electrons. The van der Waals surface area contributed by atoms with Crippen LogP contribution in [0.3, 0.4) is 0 Å². The lowest BCUT2D eigenvalue weighted by atomic mass is 10.3. The largest absolute Gasteiger partial charge is 0.365 e. The highest BCUT2D eigenvalue weighted by Crippen LogP contribution is 2.37. The van der Waals surface area contributed by atoms with Gasteiger partial charge in [-0.1, -0.05) is 0 Å². The number of anilines is 2. The van der Waals surface area contributed by atoms with E-state index in [2.05, 4.69) is 27.6 Å². The fourth-order valence-electron chi connectivity index (χ4n) is 1.32. The molecule has 0 atom stereocenters. The van der Waals surface area contributed by atoms with E-state index >= 15 is 0 Å². The topological polar surface area (TPSA) is 75.9 Å². The maximum atomic E-state index is 5.26. The average molecular weight is 193 g/mol. The average Bonchev–Trinajstić information content (AvgIpc) is 2.82. The Balaban J connectivity index is 2.20. The third kappa shape index (κ3) is 1.93. The first-order valence-electron chi connectivity index (χ1n) is 4.72. The van der Waals surface area contributed by atoms with E-state index in [4.69, 9.17) is 5.84 Å². The van der Waals surface area contributed by atoms with Gasteiger partial charge in [-0.3, -0.25) is 5.43 Å². The summed E-state index contributed by atoms with van der Waals surface area (Å²) in [5.74, 6) is 6.56. The summed E-state index contributed by atoms with van der Waals surface area (Å²) in [5.41, 5.74) is 3.58. The Morgan fingerprint density at radius 1 is 1.43 bits per heavy atom. The summed E-state index contributed by atoms with van der Waals surface area (Å²) in [6.07, 6.45) is 2.39. The minimum Gasteiger partial charge on any atom is -0.365 e. The van der Waals surface area contributed by atoms with Gasteiger partial charge in [0, 0.05) is 17.3 Å². The van der Waals surface area contributed by atoms with Crippen molar-refractivity contribution in [1.82, 2.24) is 9.97 Å². The lowest BCUT2D eigenvalue weighted by Gasteiger charge is -2.13. The molecule has 1 aliphatic carbocycles. The first-order valence-corrected chi connectivity index (χ1v) is 4.72. The molecule has 0 amide bonds. The number of nitrogen functional groups attached to an aromatic ring is 1. The molecule has 2 rings (SSSR count). The zero-order valence-electron chi connectivity index (χ0n) is 8.46. The van der Waals surface area contributed by atoms with Gasteiger partial charge in [-0.15, -0.1) is 0 Å². The molecule has 1 aliphatic rings. The van der Waals surface area contributed by atoms with Crippen molar-refractivity contribution in [2.24, 2.45) is 5.84 Å². The van der Waals surface area contributed by atoms with Crippen molar-refractivity contribution in [2.45, 2.75) is 32.2 Å². The highest BCUT2D eigenvalue weighted by Gasteiger charge is 2.37. The third-order valence-corrected chi connectivity index (χ3v) is 2.41. The summed E-state index contributed by atoms with van der Waals surface area (Å²) in [4.78, 5) is 8.33. The summed E-state index contributed by atoms with van der Waals surface area (Å²) < 4.78 is 0. The van der Waals surface area contributed by atoms with Gasteiger partial charge in [0.1, 0.15) is 5.82 Å². The zero-order valence-corrected chi connectivity index (χ0v) is 8.46. The van der Waals surface area contributed by atoms with Crippen LogP contribution in [-0.4, -0.2) is 15.5 Å². The van der Waals surface area contributed by atoms with Gasteiger partial charge < -0.3 is 5.32 Å². The maximum absolute atomic E-state index is 5.26. The molecule has 0 unspecified atom stereocenters. The predicted molar refractivity (Wildman–Crippen MR) is 55.8 cm³/mol. The van der Waals surface area contributed by atoms with Crippen LogP contribution in [0.4, 0.5) is 11.8 Å². The van der Waals surface area contributed by atoms with Gasteiger partial charge in [0.15, 0.2) is 0 Å². The van der Waals surface area contributed by atoms with E-state index in [-0.39, 0.29) is 5.54 Å². The van der Waals surface area contributed by atoms with E-state index < -0.39 is 0 Å². The monoisotopic (exact) mass is 193 g/mol. The Morgan fingerprint density at radius 3 is 2.71 bits per heavy atom. The minimum atomic E-state index is 0.229. The van der Waals surface area contributed by atoms with Crippen molar-refractivity contribution in [3.05, 3.63) is 11.8 Å². The van der Waals surface area contributed by atoms with Gasteiger partial charge in [-0.25, -0.2) is 10.8 Å². The Hall–Kier alpha value is -1.36. The lowest BCUT2D eigenvalue weighted by molar-refractivity contribution is 0.818. The molecule has 1 aromatic heterocycles. The van der Waals surface area contributed by atoms with Gasteiger partial charge in [0.2, 0.25) is 5.95 Å². The molecule has 0 radical (unpaired) electrons. The standard InChI is InChI=1S/C9H15N5/c1-6-5-7(12-8(11-6)14-10)13-9(2)3-4-9/h5H,3-4,10H2,1-2H3,(H2,11,12,13,14). The lowest BCUT2D eigenvalue weighted by Crippen LogP contribution is -2.19. The molecular formula is C9H15N5. The van der Waals surface area contributed by atoms with E-state index in [0.29, 0.717) is 5.95 Å². The molecule has 0 aromatic carbocycles. The smallest absolute Gasteiger partial charge is 0.239 e. The molecule has 5 nitrogen and oxygen atoms in total. The Kier molecular flexibility index (Phi) is 2.03. The number of hydrogen-bond donors (Lipinski definition) is 3. The number of aromatic nitrogens is 2. The SMILES string of the molecule is Cc1cc(NC2(C)CC2)nc(NN)n1. The summed E-state index contributed by atoms with van der Waals surface area (Å²) in [5, 5.41) is 3.36. The molecule has 1 saturated carbocycles. The highest BCUT2D eigenvalue weighted by atomic mass is 15.3. The number of hydrogen-bond acceptors (Lipinski definition) is 5. The normalized spacial score (nSPS) is 17.6. The second-order valence-corrected chi connectivity index (χ2v) is 4.05. The van der Waals surface area contributed by atoms with Crippen LogP contribution in [-0.2, 0) is 0 Å². The Labute approximate surface area is 83.1 Å². The van der Waals surface area contributed by atoms with Crippen molar-refractivity contribution in [1.29, 1.82) is 0 Å².